The summed E-state index contributed by atoms with van der Waals surface area (Å²) in [6.07, 6.45) is 1.83. The average molecular weight is 276 g/mol. The van der Waals surface area contributed by atoms with Crippen molar-refractivity contribution in [3.8, 4) is 0 Å². The topological polar surface area (TPSA) is 72.2 Å². The number of carbonyl (C=O) groups is 1. The molecule has 98 valence electrons. The molecular formula is C10H10F2N2O3S. The van der Waals surface area contributed by atoms with Gasteiger partial charge in [-0.2, -0.15) is 16.2 Å². The standard InChI is InChI=1S/C10H10F2N2O3S/c1-18-3-2-13-10(15)6-4-8(12)9(14(16)17)5-7(6)11/h4-5H,2-3H2,1H3,(H,13,15). The van der Waals surface area contributed by atoms with Crippen LogP contribution in [0.1, 0.15) is 10.4 Å². The second-order valence-corrected chi connectivity index (χ2v) is 4.27. The van der Waals surface area contributed by atoms with Crippen LogP contribution in [0.2, 0.25) is 0 Å². The predicted molar refractivity (Wildman–Crippen MR) is 63.7 cm³/mol. The molecule has 0 saturated carbocycles. The lowest BCUT2D eigenvalue weighted by Gasteiger charge is -2.05. The summed E-state index contributed by atoms with van der Waals surface area (Å²) in [6, 6.07) is 0.931. The van der Waals surface area contributed by atoms with Crippen molar-refractivity contribution in [2.75, 3.05) is 18.6 Å². The van der Waals surface area contributed by atoms with E-state index in [-0.39, 0.29) is 0 Å². The molecule has 0 aliphatic carbocycles. The monoisotopic (exact) mass is 276 g/mol. The van der Waals surface area contributed by atoms with Gasteiger partial charge in [0, 0.05) is 12.3 Å². The summed E-state index contributed by atoms with van der Waals surface area (Å²) in [6.45, 7) is 0.304. The minimum atomic E-state index is -1.24. The van der Waals surface area contributed by atoms with Crippen molar-refractivity contribution in [2.45, 2.75) is 0 Å². The highest BCUT2D eigenvalue weighted by Gasteiger charge is 2.21. The van der Waals surface area contributed by atoms with Gasteiger partial charge in [0.15, 0.2) is 0 Å². The van der Waals surface area contributed by atoms with Crippen LogP contribution in [0.25, 0.3) is 0 Å². The van der Waals surface area contributed by atoms with Crippen molar-refractivity contribution >= 4 is 23.4 Å². The average Bonchev–Trinajstić information content (AvgIpc) is 2.31. The summed E-state index contributed by atoms with van der Waals surface area (Å²) in [5.41, 5.74) is -1.53. The molecule has 0 atom stereocenters. The Morgan fingerprint density at radius 3 is 2.67 bits per heavy atom. The van der Waals surface area contributed by atoms with Gasteiger partial charge in [-0.1, -0.05) is 0 Å². The van der Waals surface area contributed by atoms with E-state index in [4.69, 9.17) is 0 Å². The van der Waals surface area contributed by atoms with Crippen molar-refractivity contribution in [1.82, 2.24) is 5.32 Å². The van der Waals surface area contributed by atoms with E-state index >= 15 is 0 Å². The Labute approximate surface area is 106 Å². The molecule has 0 spiro atoms. The number of carbonyl (C=O) groups excluding carboxylic acids is 1. The van der Waals surface area contributed by atoms with Crippen LogP contribution < -0.4 is 5.32 Å². The van der Waals surface area contributed by atoms with Crippen LogP contribution in [0.5, 0.6) is 0 Å². The number of halogens is 2. The first-order chi connectivity index (χ1) is 8.47. The van der Waals surface area contributed by atoms with Crippen LogP contribution in [-0.4, -0.2) is 29.4 Å². The maximum atomic E-state index is 13.4. The molecule has 1 N–H and O–H groups in total. The zero-order chi connectivity index (χ0) is 13.7. The van der Waals surface area contributed by atoms with Crippen molar-refractivity contribution in [3.63, 3.8) is 0 Å². The molecule has 1 aromatic carbocycles. The molecule has 8 heteroatoms. The molecule has 0 aliphatic rings. The number of hydrogen-bond donors (Lipinski definition) is 1. The minimum absolute atomic E-state index is 0.304. The number of thioether (sulfide) groups is 1. The van der Waals surface area contributed by atoms with Crippen LogP contribution in [-0.2, 0) is 0 Å². The fourth-order valence-corrected chi connectivity index (χ4v) is 1.52. The zero-order valence-corrected chi connectivity index (χ0v) is 10.2. The van der Waals surface area contributed by atoms with E-state index in [1.807, 2.05) is 6.26 Å². The Morgan fingerprint density at radius 1 is 1.44 bits per heavy atom. The van der Waals surface area contributed by atoms with E-state index in [9.17, 15) is 23.7 Å². The molecular weight excluding hydrogens is 266 g/mol. The van der Waals surface area contributed by atoms with E-state index in [0.29, 0.717) is 24.4 Å². The SMILES string of the molecule is CSCCNC(=O)c1cc(F)c([N+](=O)[O-])cc1F. The lowest BCUT2D eigenvalue weighted by atomic mass is 10.1. The summed E-state index contributed by atoms with van der Waals surface area (Å²) >= 11 is 1.48. The van der Waals surface area contributed by atoms with Gasteiger partial charge in [0.05, 0.1) is 16.6 Å². The largest absolute Gasteiger partial charge is 0.351 e. The van der Waals surface area contributed by atoms with Gasteiger partial charge in [-0.05, 0) is 12.3 Å². The summed E-state index contributed by atoms with van der Waals surface area (Å²) in [5.74, 6) is -2.53. The van der Waals surface area contributed by atoms with E-state index in [2.05, 4.69) is 5.32 Å². The third-order valence-corrected chi connectivity index (χ3v) is 2.68. The third kappa shape index (κ3) is 3.39. The second kappa shape index (κ2) is 6.29. The van der Waals surface area contributed by atoms with E-state index in [0.717, 1.165) is 0 Å². The quantitative estimate of drug-likeness (QED) is 0.507. The highest BCUT2D eigenvalue weighted by atomic mass is 32.2. The Bertz CT molecular complexity index is 482. The fourth-order valence-electron chi connectivity index (χ4n) is 1.21. The van der Waals surface area contributed by atoms with Gasteiger partial charge >= 0.3 is 5.69 Å². The first-order valence-electron chi connectivity index (χ1n) is 4.88. The number of nitro groups is 1. The van der Waals surface area contributed by atoms with Crippen LogP contribution in [0.3, 0.4) is 0 Å². The predicted octanol–water partition coefficient (Wildman–Crippen LogP) is 1.97. The number of rotatable bonds is 5. The molecule has 0 unspecified atom stereocenters. The van der Waals surface area contributed by atoms with Crippen LogP contribution in [0.15, 0.2) is 12.1 Å². The van der Waals surface area contributed by atoms with Crippen LogP contribution >= 0.6 is 11.8 Å². The van der Waals surface area contributed by atoms with Crippen molar-refractivity contribution in [3.05, 3.63) is 39.4 Å². The Balaban J connectivity index is 2.93. The van der Waals surface area contributed by atoms with Gasteiger partial charge < -0.3 is 5.32 Å². The molecule has 0 saturated heterocycles. The smallest absolute Gasteiger partial charge is 0.307 e. The van der Waals surface area contributed by atoms with Gasteiger partial charge in [-0.25, -0.2) is 4.39 Å². The Kier molecular flexibility index (Phi) is 5.02. The highest BCUT2D eigenvalue weighted by molar-refractivity contribution is 7.98. The van der Waals surface area contributed by atoms with Gasteiger partial charge in [-0.15, -0.1) is 0 Å². The van der Waals surface area contributed by atoms with E-state index in [1.165, 1.54) is 11.8 Å². The third-order valence-electron chi connectivity index (χ3n) is 2.07. The number of nitrogens with zero attached hydrogens (tertiary/aromatic N) is 1. The number of benzene rings is 1. The molecule has 1 amide bonds. The molecule has 1 rings (SSSR count). The summed E-state index contributed by atoms with van der Waals surface area (Å²) in [7, 11) is 0. The molecule has 0 aliphatic heterocycles. The van der Waals surface area contributed by atoms with Gasteiger partial charge in [0.1, 0.15) is 5.82 Å². The Morgan fingerprint density at radius 2 is 2.11 bits per heavy atom. The summed E-state index contributed by atoms with van der Waals surface area (Å²) < 4.78 is 26.7. The fraction of sp³-hybridized carbons (Fsp3) is 0.300. The second-order valence-electron chi connectivity index (χ2n) is 3.29. The summed E-state index contributed by atoms with van der Waals surface area (Å²) in [5, 5.41) is 12.7. The van der Waals surface area contributed by atoms with Gasteiger partial charge in [0.25, 0.3) is 5.91 Å². The first-order valence-corrected chi connectivity index (χ1v) is 6.27. The molecule has 0 fully saturated rings. The van der Waals surface area contributed by atoms with E-state index in [1.54, 1.807) is 0 Å². The maximum Gasteiger partial charge on any atom is 0.307 e. The number of amides is 1. The van der Waals surface area contributed by atoms with Gasteiger partial charge in [0.2, 0.25) is 5.82 Å². The van der Waals surface area contributed by atoms with Crippen molar-refractivity contribution in [2.24, 2.45) is 0 Å². The number of hydrogen-bond acceptors (Lipinski definition) is 4. The van der Waals surface area contributed by atoms with Gasteiger partial charge in [-0.3, -0.25) is 14.9 Å². The van der Waals surface area contributed by atoms with Crippen LogP contribution in [0, 0.1) is 21.7 Å². The molecule has 0 aromatic heterocycles. The normalized spacial score (nSPS) is 10.2. The molecule has 0 radical (unpaired) electrons. The number of nitro benzene ring substituents is 1. The van der Waals surface area contributed by atoms with Crippen molar-refractivity contribution in [1.29, 1.82) is 0 Å². The molecule has 5 nitrogen and oxygen atoms in total. The molecule has 0 bridgehead atoms. The molecule has 1 aromatic rings. The molecule has 18 heavy (non-hydrogen) atoms. The van der Waals surface area contributed by atoms with E-state index < -0.39 is 33.7 Å². The summed E-state index contributed by atoms with van der Waals surface area (Å²) in [4.78, 5) is 20.8. The molecule has 0 heterocycles. The minimum Gasteiger partial charge on any atom is -0.351 e. The lowest BCUT2D eigenvalue weighted by molar-refractivity contribution is -0.387. The number of nitrogens with one attached hydrogen (secondary N) is 1. The zero-order valence-electron chi connectivity index (χ0n) is 9.41. The Hall–Kier alpha value is -1.70. The maximum absolute atomic E-state index is 13.4. The first kappa shape index (κ1) is 14.4. The van der Waals surface area contributed by atoms with Crippen LogP contribution in [0.4, 0.5) is 14.5 Å². The lowest BCUT2D eigenvalue weighted by Crippen LogP contribution is -2.26. The highest BCUT2D eigenvalue weighted by Crippen LogP contribution is 2.21. The van der Waals surface area contributed by atoms with Crippen molar-refractivity contribution < 1.29 is 18.5 Å².